The number of likely N-dealkylation sites (N-methyl/N-ethyl adjacent to an activating group) is 1. The smallest absolute Gasteiger partial charge is 0.237 e. The number of nitrogens with zero attached hydrogens (tertiary/aromatic N) is 1. The molecule has 0 aliphatic carbocycles. The highest BCUT2D eigenvalue weighted by Crippen LogP contribution is 2.40. The molecule has 2 rings (SSSR count). The van der Waals surface area contributed by atoms with Crippen LogP contribution in [-0.4, -0.2) is 84.3 Å². The van der Waals surface area contributed by atoms with Crippen molar-refractivity contribution in [1.29, 1.82) is 0 Å². The number of carbonyl (C=O) groups excluding carboxylic acids is 1. The third-order valence-electron chi connectivity index (χ3n) is 5.76. The Bertz CT molecular complexity index is 578. The molecule has 32 heavy (non-hydrogen) atoms. The molecule has 0 aromatic heterocycles. The fraction of sp³-hybridized carbons (Fsp3) is 0.941. The molecular formula is C17H29I3N2O6S4. The summed E-state index contributed by atoms with van der Waals surface area (Å²) in [5.41, 5.74) is -0.344. The number of aliphatic hydroxyl groups excluding tert-OH is 1. The number of likely N-dealkylation sites (tertiary alicyclic amines) is 1. The molecule has 0 saturated carbocycles. The summed E-state index contributed by atoms with van der Waals surface area (Å²) in [5, 5.41) is 13.3. The number of hydrogen-bond donors (Lipinski definition) is 2. The standard InChI is InChI=1S/C17H29I3N2O6S4/c1-4-5-9-6-11(22(2)7-9)16(24)21-10(8-23)12-13(26-30-18)14(27-31-19)15(28-32-20)17(25-12)29-3/h9-15,17,23H,4-8H2,1-3H3,(H,21,24)/t9-,10-,11+,12?,13?,14?,15?,17?/m1/s1. The van der Waals surface area contributed by atoms with Gasteiger partial charge >= 0.3 is 0 Å². The zero-order valence-electron chi connectivity index (χ0n) is 17.9. The molecule has 2 N–H and O–H groups in total. The first-order valence-electron chi connectivity index (χ1n) is 10.1. The number of halogens is 3. The van der Waals surface area contributed by atoms with Crippen molar-refractivity contribution in [1.82, 2.24) is 10.2 Å². The summed E-state index contributed by atoms with van der Waals surface area (Å²) in [7, 11) is 5.58. The van der Waals surface area contributed by atoms with E-state index in [9.17, 15) is 9.90 Å². The second kappa shape index (κ2) is 16.6. The SMILES string of the molecule is CCC[C@@H]1C[C@@H](C(=O)N[C@H](CO)C2OC(SC)C(OSI)C(OSI)C2OSI)N(C)C1. The number of hydrogen-bond acceptors (Lipinski definition) is 11. The Kier molecular flexibility index (Phi) is 16.1. The second-order valence-corrected chi connectivity index (χ2v) is 12.8. The monoisotopic (exact) mass is 866 g/mol. The quantitative estimate of drug-likeness (QED) is 0.198. The van der Waals surface area contributed by atoms with Gasteiger partial charge in [0.25, 0.3) is 0 Å². The minimum atomic E-state index is -0.636. The van der Waals surface area contributed by atoms with E-state index in [2.05, 4.69) is 80.8 Å². The number of ether oxygens (including phenoxy) is 1. The summed E-state index contributed by atoms with van der Waals surface area (Å²) in [6.45, 7) is 2.81. The van der Waals surface area contributed by atoms with Gasteiger partial charge in [-0.1, -0.05) is 13.3 Å². The summed E-state index contributed by atoms with van der Waals surface area (Å²) in [5.74, 6) is 0.436. The van der Waals surface area contributed by atoms with Crippen molar-refractivity contribution >= 4 is 109 Å². The summed E-state index contributed by atoms with van der Waals surface area (Å²) in [6, 6.07) is -0.842. The lowest BCUT2D eigenvalue weighted by Crippen LogP contribution is -2.65. The van der Waals surface area contributed by atoms with E-state index in [-0.39, 0.29) is 30.1 Å². The van der Waals surface area contributed by atoms with Crippen LogP contribution in [0.5, 0.6) is 0 Å². The van der Waals surface area contributed by atoms with Crippen LogP contribution in [0.15, 0.2) is 0 Å². The molecule has 0 radical (unpaired) electrons. The number of carbonyl (C=O) groups is 1. The summed E-state index contributed by atoms with van der Waals surface area (Å²) in [4.78, 5) is 15.3. The predicted octanol–water partition coefficient (Wildman–Crippen LogP) is 4.82. The molecule has 2 fully saturated rings. The van der Waals surface area contributed by atoms with Gasteiger partial charge in [-0.05, 0) is 32.1 Å². The van der Waals surface area contributed by atoms with Crippen LogP contribution in [0.3, 0.4) is 0 Å². The van der Waals surface area contributed by atoms with Crippen LogP contribution in [0.25, 0.3) is 0 Å². The third kappa shape index (κ3) is 8.42. The van der Waals surface area contributed by atoms with Crippen molar-refractivity contribution in [2.75, 3.05) is 26.5 Å². The molecular weight excluding hydrogens is 837 g/mol. The van der Waals surface area contributed by atoms with E-state index in [0.717, 1.165) is 25.8 Å². The molecule has 2 heterocycles. The van der Waals surface area contributed by atoms with Gasteiger partial charge < -0.3 is 15.2 Å². The van der Waals surface area contributed by atoms with Gasteiger partial charge in [-0.15, -0.1) is 11.8 Å². The molecule has 2 aliphatic heterocycles. The Morgan fingerprint density at radius 2 is 1.81 bits per heavy atom. The lowest BCUT2D eigenvalue weighted by molar-refractivity contribution is -0.176. The molecule has 1 amide bonds. The largest absolute Gasteiger partial charge is 0.394 e. The van der Waals surface area contributed by atoms with Gasteiger partial charge in [0.05, 0.1) is 46.3 Å². The third-order valence-corrected chi connectivity index (χ3v) is 9.36. The second-order valence-electron chi connectivity index (χ2n) is 7.72. The van der Waals surface area contributed by atoms with Crippen molar-refractivity contribution in [3.05, 3.63) is 0 Å². The summed E-state index contributed by atoms with van der Waals surface area (Å²) < 4.78 is 24.1. The average molecular weight is 866 g/mol. The first-order chi connectivity index (χ1) is 15.4. The van der Waals surface area contributed by atoms with Crippen LogP contribution in [0.4, 0.5) is 0 Å². The fourth-order valence-corrected chi connectivity index (χ4v) is 8.18. The zero-order chi connectivity index (χ0) is 23.7. The maximum absolute atomic E-state index is 13.2. The highest BCUT2D eigenvalue weighted by Gasteiger charge is 2.52. The van der Waals surface area contributed by atoms with Crippen molar-refractivity contribution < 1.29 is 27.2 Å². The molecule has 2 aliphatic rings. The molecule has 2 saturated heterocycles. The highest BCUT2D eigenvalue weighted by atomic mass is 127. The van der Waals surface area contributed by atoms with Crippen molar-refractivity contribution in [2.24, 2.45) is 5.92 Å². The maximum atomic E-state index is 13.2. The van der Waals surface area contributed by atoms with Gasteiger partial charge in [0, 0.05) is 70.2 Å². The minimum Gasteiger partial charge on any atom is -0.394 e. The normalized spacial score (nSPS) is 34.5. The summed E-state index contributed by atoms with van der Waals surface area (Å²) >= 11 is 7.70. The van der Waals surface area contributed by atoms with E-state index in [1.165, 1.54) is 39.4 Å². The van der Waals surface area contributed by atoms with Gasteiger partial charge in [-0.3, -0.25) is 22.2 Å². The van der Waals surface area contributed by atoms with Crippen LogP contribution in [0.1, 0.15) is 26.2 Å². The first-order valence-corrected chi connectivity index (χ1v) is 21.2. The van der Waals surface area contributed by atoms with E-state index >= 15 is 0 Å². The van der Waals surface area contributed by atoms with Crippen molar-refractivity contribution in [2.45, 2.75) is 68.1 Å². The average Bonchev–Trinajstić information content (AvgIpc) is 3.15. The maximum Gasteiger partial charge on any atom is 0.237 e. The number of amides is 1. The molecule has 8 nitrogen and oxygen atoms in total. The molecule has 8 atom stereocenters. The molecule has 15 heteroatoms. The van der Waals surface area contributed by atoms with Crippen LogP contribution in [-0.2, 0) is 22.1 Å². The molecule has 0 aromatic rings. The lowest BCUT2D eigenvalue weighted by atomic mass is 9.94. The van der Waals surface area contributed by atoms with E-state index in [1.807, 2.05) is 13.3 Å². The summed E-state index contributed by atoms with van der Waals surface area (Å²) in [6.07, 6.45) is 3.00. The Hall–Kier alpha value is 2.82. The Morgan fingerprint density at radius 3 is 2.38 bits per heavy atom. The van der Waals surface area contributed by atoms with Gasteiger partial charge in [0.2, 0.25) is 5.91 Å². The van der Waals surface area contributed by atoms with Gasteiger partial charge in [-0.2, -0.15) is 0 Å². The van der Waals surface area contributed by atoms with Crippen molar-refractivity contribution in [3.8, 4) is 0 Å². The van der Waals surface area contributed by atoms with Crippen LogP contribution in [0, 0.1) is 5.92 Å². The molecule has 0 aromatic carbocycles. The number of rotatable bonds is 13. The number of aliphatic hydroxyl groups is 1. The Labute approximate surface area is 244 Å². The van der Waals surface area contributed by atoms with E-state index < -0.39 is 24.4 Å². The number of thioether (sulfide) groups is 1. The first kappa shape index (κ1) is 31.0. The minimum absolute atomic E-state index is 0.0859. The van der Waals surface area contributed by atoms with Gasteiger partial charge in [-0.25, -0.2) is 0 Å². The molecule has 5 unspecified atom stereocenters. The van der Waals surface area contributed by atoms with Crippen molar-refractivity contribution in [3.63, 3.8) is 0 Å². The van der Waals surface area contributed by atoms with E-state index in [4.69, 9.17) is 17.3 Å². The van der Waals surface area contributed by atoms with Crippen LogP contribution < -0.4 is 5.32 Å². The fourth-order valence-electron chi connectivity index (χ4n) is 4.34. The van der Waals surface area contributed by atoms with Crippen LogP contribution >= 0.6 is 103 Å². The number of nitrogens with one attached hydrogen (secondary N) is 1. The van der Waals surface area contributed by atoms with E-state index in [1.54, 1.807) is 0 Å². The Morgan fingerprint density at radius 1 is 1.19 bits per heavy atom. The molecule has 188 valence electrons. The van der Waals surface area contributed by atoms with E-state index in [0.29, 0.717) is 5.92 Å². The lowest BCUT2D eigenvalue weighted by Gasteiger charge is -2.46. The Balaban J connectivity index is 2.20. The van der Waals surface area contributed by atoms with Crippen LogP contribution in [0.2, 0.25) is 0 Å². The predicted molar refractivity (Wildman–Crippen MR) is 160 cm³/mol. The highest BCUT2D eigenvalue weighted by molar-refractivity contribution is 14.2. The van der Waals surface area contributed by atoms with Gasteiger partial charge in [0.1, 0.15) is 29.9 Å². The molecule has 0 spiro atoms. The molecule has 0 bridgehead atoms. The zero-order valence-corrected chi connectivity index (χ0v) is 27.6. The topological polar surface area (TPSA) is 89.5 Å². The van der Waals surface area contributed by atoms with Gasteiger partial charge in [0.15, 0.2) is 0 Å².